The number of fused-ring (bicyclic) bond motifs is 1. The minimum absolute atomic E-state index is 0.436. The number of rotatable bonds is 1. The van der Waals surface area contributed by atoms with Gasteiger partial charge in [0.1, 0.15) is 5.67 Å². The van der Waals surface area contributed by atoms with Crippen molar-refractivity contribution in [2.24, 2.45) is 0 Å². The molecule has 0 aliphatic carbocycles. The average molecular weight is 215 g/mol. The smallest absolute Gasteiger partial charge is 0.149 e. The Morgan fingerprint density at radius 2 is 1.88 bits per heavy atom. The molecule has 1 atom stereocenters. The molecule has 2 aromatic rings. The van der Waals surface area contributed by atoms with Crippen LogP contribution in [0.4, 0.5) is 4.39 Å². The van der Waals surface area contributed by atoms with Crippen molar-refractivity contribution in [3.63, 3.8) is 0 Å². The van der Waals surface area contributed by atoms with Crippen LogP contribution in [-0.4, -0.2) is 13.1 Å². The van der Waals surface area contributed by atoms with Gasteiger partial charge in [0, 0.05) is 6.54 Å². The van der Waals surface area contributed by atoms with Crippen LogP contribution in [0.3, 0.4) is 0 Å². The molecule has 0 spiro atoms. The van der Waals surface area contributed by atoms with Gasteiger partial charge in [0.25, 0.3) is 0 Å². The highest BCUT2D eigenvalue weighted by atomic mass is 19.1. The lowest BCUT2D eigenvalue weighted by molar-refractivity contribution is 0.193. The lowest BCUT2D eigenvalue weighted by Crippen LogP contribution is -2.23. The fraction of sp³-hybridized carbons (Fsp3) is 0.286. The summed E-state index contributed by atoms with van der Waals surface area (Å²) in [5, 5.41) is 5.37. The molecule has 1 aliphatic rings. The molecule has 1 N–H and O–H groups in total. The predicted molar refractivity (Wildman–Crippen MR) is 64.2 cm³/mol. The first-order chi connectivity index (χ1) is 7.78. The summed E-state index contributed by atoms with van der Waals surface area (Å²) in [6.45, 7) is 1.20. The van der Waals surface area contributed by atoms with E-state index in [9.17, 15) is 4.39 Å². The van der Waals surface area contributed by atoms with Crippen molar-refractivity contribution in [2.75, 3.05) is 13.1 Å². The standard InChI is InChI=1S/C14H14FN/c15-14(7-8-16-10-14)13-6-5-11-3-1-2-4-12(11)9-13/h1-6,9,16H,7-8,10H2. The van der Waals surface area contributed by atoms with Gasteiger partial charge in [-0.3, -0.25) is 0 Å². The lowest BCUT2D eigenvalue weighted by Gasteiger charge is -2.19. The second-order valence-electron chi connectivity index (χ2n) is 4.45. The van der Waals surface area contributed by atoms with Crippen LogP contribution in [0.5, 0.6) is 0 Å². The molecule has 1 fully saturated rings. The summed E-state index contributed by atoms with van der Waals surface area (Å²) in [6.07, 6.45) is 0.575. The van der Waals surface area contributed by atoms with E-state index in [1.165, 1.54) is 5.39 Å². The third kappa shape index (κ3) is 1.50. The van der Waals surface area contributed by atoms with E-state index in [1.807, 2.05) is 36.4 Å². The van der Waals surface area contributed by atoms with Crippen molar-refractivity contribution in [3.8, 4) is 0 Å². The molecular weight excluding hydrogens is 201 g/mol. The molecule has 16 heavy (non-hydrogen) atoms. The highest BCUT2D eigenvalue weighted by Crippen LogP contribution is 2.33. The Balaban J connectivity index is 2.11. The van der Waals surface area contributed by atoms with Crippen LogP contribution >= 0.6 is 0 Å². The van der Waals surface area contributed by atoms with E-state index in [4.69, 9.17) is 0 Å². The third-order valence-electron chi connectivity index (χ3n) is 3.37. The van der Waals surface area contributed by atoms with Crippen LogP contribution in [0, 0.1) is 0 Å². The quantitative estimate of drug-likeness (QED) is 0.771. The van der Waals surface area contributed by atoms with Crippen LogP contribution in [0.1, 0.15) is 12.0 Å². The third-order valence-corrected chi connectivity index (χ3v) is 3.37. The fourth-order valence-electron chi connectivity index (χ4n) is 2.38. The summed E-state index contributed by atoms with van der Waals surface area (Å²) >= 11 is 0. The van der Waals surface area contributed by atoms with Crippen LogP contribution < -0.4 is 5.32 Å². The molecule has 2 heteroatoms. The molecular formula is C14H14FN. The minimum atomic E-state index is -1.18. The van der Waals surface area contributed by atoms with E-state index in [0.29, 0.717) is 13.0 Å². The van der Waals surface area contributed by atoms with E-state index >= 15 is 0 Å². The molecule has 2 aromatic carbocycles. The molecule has 0 aromatic heterocycles. The van der Waals surface area contributed by atoms with Gasteiger partial charge in [0.05, 0.1) is 0 Å². The Labute approximate surface area is 94.3 Å². The number of nitrogens with one attached hydrogen (secondary N) is 1. The van der Waals surface area contributed by atoms with Gasteiger partial charge in [0.2, 0.25) is 0 Å². The highest BCUT2D eigenvalue weighted by molar-refractivity contribution is 5.83. The first kappa shape index (κ1) is 9.79. The Morgan fingerprint density at radius 1 is 1.06 bits per heavy atom. The normalized spacial score (nSPS) is 25.1. The molecule has 1 unspecified atom stereocenters. The van der Waals surface area contributed by atoms with Gasteiger partial charge < -0.3 is 5.32 Å². The molecule has 0 bridgehead atoms. The molecule has 0 saturated carbocycles. The zero-order valence-electron chi connectivity index (χ0n) is 9.04. The molecule has 1 heterocycles. The van der Waals surface area contributed by atoms with Crippen LogP contribution in [0.15, 0.2) is 42.5 Å². The van der Waals surface area contributed by atoms with Gasteiger partial charge in [-0.1, -0.05) is 36.4 Å². The number of alkyl halides is 1. The van der Waals surface area contributed by atoms with Crippen LogP contribution in [-0.2, 0) is 5.67 Å². The van der Waals surface area contributed by atoms with Gasteiger partial charge in [-0.15, -0.1) is 0 Å². The van der Waals surface area contributed by atoms with E-state index < -0.39 is 5.67 Å². The molecule has 1 saturated heterocycles. The summed E-state index contributed by atoms with van der Waals surface area (Å²) in [7, 11) is 0. The number of hydrogen-bond donors (Lipinski definition) is 1. The summed E-state index contributed by atoms with van der Waals surface area (Å²) in [4.78, 5) is 0. The van der Waals surface area contributed by atoms with Crippen LogP contribution in [0.2, 0.25) is 0 Å². The van der Waals surface area contributed by atoms with E-state index in [2.05, 4.69) is 11.4 Å². The fourth-order valence-corrected chi connectivity index (χ4v) is 2.38. The van der Waals surface area contributed by atoms with Crippen molar-refractivity contribution >= 4 is 10.8 Å². The number of hydrogen-bond acceptors (Lipinski definition) is 1. The summed E-state index contributed by atoms with van der Waals surface area (Å²) < 4.78 is 14.5. The molecule has 1 aliphatic heterocycles. The molecule has 0 amide bonds. The molecule has 82 valence electrons. The van der Waals surface area contributed by atoms with E-state index in [1.54, 1.807) is 0 Å². The van der Waals surface area contributed by atoms with Gasteiger partial charge in [-0.25, -0.2) is 4.39 Å². The zero-order chi connectivity index (χ0) is 11.0. The maximum Gasteiger partial charge on any atom is 0.149 e. The molecule has 1 nitrogen and oxygen atoms in total. The maximum absolute atomic E-state index is 14.5. The van der Waals surface area contributed by atoms with Crippen molar-refractivity contribution < 1.29 is 4.39 Å². The van der Waals surface area contributed by atoms with Gasteiger partial charge in [-0.05, 0) is 35.4 Å². The van der Waals surface area contributed by atoms with Crippen molar-refractivity contribution in [3.05, 3.63) is 48.0 Å². The second-order valence-corrected chi connectivity index (χ2v) is 4.45. The topological polar surface area (TPSA) is 12.0 Å². The SMILES string of the molecule is FC1(c2ccc3ccccc3c2)CCNC1. The van der Waals surface area contributed by atoms with Crippen molar-refractivity contribution in [1.82, 2.24) is 5.32 Å². The average Bonchev–Trinajstić information content (AvgIpc) is 2.77. The monoisotopic (exact) mass is 215 g/mol. The Hall–Kier alpha value is -1.41. The van der Waals surface area contributed by atoms with Gasteiger partial charge >= 0.3 is 0 Å². The first-order valence-electron chi connectivity index (χ1n) is 5.67. The summed E-state index contributed by atoms with van der Waals surface area (Å²) in [5.74, 6) is 0. The Morgan fingerprint density at radius 3 is 2.62 bits per heavy atom. The van der Waals surface area contributed by atoms with E-state index in [-0.39, 0.29) is 0 Å². The van der Waals surface area contributed by atoms with E-state index in [0.717, 1.165) is 17.5 Å². The summed E-state index contributed by atoms with van der Waals surface area (Å²) in [5.41, 5.74) is -0.375. The number of halogens is 1. The maximum atomic E-state index is 14.5. The number of benzene rings is 2. The summed E-state index contributed by atoms with van der Waals surface area (Å²) in [6, 6.07) is 14.0. The Kier molecular flexibility index (Phi) is 2.18. The molecule has 3 rings (SSSR count). The minimum Gasteiger partial charge on any atom is -0.313 e. The lowest BCUT2D eigenvalue weighted by atomic mass is 9.93. The predicted octanol–water partition coefficient (Wildman–Crippen LogP) is 3.00. The van der Waals surface area contributed by atoms with Gasteiger partial charge in [-0.2, -0.15) is 0 Å². The van der Waals surface area contributed by atoms with Crippen molar-refractivity contribution in [2.45, 2.75) is 12.1 Å². The van der Waals surface area contributed by atoms with Crippen molar-refractivity contribution in [1.29, 1.82) is 0 Å². The van der Waals surface area contributed by atoms with Crippen LogP contribution in [0.25, 0.3) is 10.8 Å². The largest absolute Gasteiger partial charge is 0.313 e. The zero-order valence-corrected chi connectivity index (χ0v) is 9.04. The second kappa shape index (κ2) is 3.56. The first-order valence-corrected chi connectivity index (χ1v) is 5.67. The van der Waals surface area contributed by atoms with Gasteiger partial charge in [0.15, 0.2) is 0 Å². The Bertz CT molecular complexity index is 515. The molecule has 0 radical (unpaired) electrons. The highest BCUT2D eigenvalue weighted by Gasteiger charge is 2.35.